The fourth-order valence-corrected chi connectivity index (χ4v) is 2.58. The topological polar surface area (TPSA) is 72.3 Å². The lowest BCUT2D eigenvalue weighted by Gasteiger charge is -2.05. The van der Waals surface area contributed by atoms with Crippen molar-refractivity contribution in [1.29, 1.82) is 0 Å². The average molecular weight is 270 g/mol. The van der Waals surface area contributed by atoms with Crippen molar-refractivity contribution in [1.82, 2.24) is 4.98 Å². The number of rotatable bonds is 4. The van der Waals surface area contributed by atoms with Crippen LogP contribution in [0, 0.1) is 5.92 Å². The van der Waals surface area contributed by atoms with Crippen LogP contribution >= 0.6 is 0 Å². The van der Waals surface area contributed by atoms with E-state index < -0.39 is 0 Å². The van der Waals surface area contributed by atoms with E-state index in [1.807, 2.05) is 30.3 Å². The number of aliphatic hydroxyl groups is 1. The molecule has 0 saturated heterocycles. The van der Waals surface area contributed by atoms with Crippen molar-refractivity contribution < 1.29 is 9.52 Å². The molecule has 1 unspecified atom stereocenters. The molecule has 3 N–H and O–H groups in total. The molecule has 3 aromatic rings. The fourth-order valence-electron chi connectivity index (χ4n) is 2.58. The number of para-hydroxylation sites is 1. The van der Waals surface area contributed by atoms with Gasteiger partial charge >= 0.3 is 0 Å². The Bertz CT molecular complexity index is 749. The molecule has 4 heteroatoms. The van der Waals surface area contributed by atoms with E-state index in [2.05, 4.69) is 11.9 Å². The van der Waals surface area contributed by atoms with Gasteiger partial charge in [0.05, 0.1) is 5.52 Å². The largest absolute Gasteiger partial charge is 0.457 e. The Morgan fingerprint density at radius 3 is 2.90 bits per heavy atom. The second kappa shape index (κ2) is 5.13. The summed E-state index contributed by atoms with van der Waals surface area (Å²) in [6, 6.07) is 9.96. The van der Waals surface area contributed by atoms with Crippen LogP contribution in [0.2, 0.25) is 0 Å². The van der Waals surface area contributed by atoms with Crippen LogP contribution < -0.4 is 5.73 Å². The molecule has 3 rings (SSSR count). The van der Waals surface area contributed by atoms with Crippen molar-refractivity contribution in [2.45, 2.75) is 19.8 Å². The van der Waals surface area contributed by atoms with Crippen molar-refractivity contribution >= 4 is 27.7 Å². The molecule has 20 heavy (non-hydrogen) atoms. The van der Waals surface area contributed by atoms with Gasteiger partial charge in [0.25, 0.3) is 0 Å². The van der Waals surface area contributed by atoms with Crippen LogP contribution in [0.3, 0.4) is 0 Å². The molecule has 0 saturated carbocycles. The van der Waals surface area contributed by atoms with Gasteiger partial charge in [0.15, 0.2) is 11.4 Å². The maximum Gasteiger partial charge on any atom is 0.176 e. The molecule has 0 aliphatic carbocycles. The molecule has 104 valence electrons. The summed E-state index contributed by atoms with van der Waals surface area (Å²) in [4.78, 5) is 4.38. The van der Waals surface area contributed by atoms with E-state index in [9.17, 15) is 0 Å². The van der Waals surface area contributed by atoms with Gasteiger partial charge in [0.2, 0.25) is 0 Å². The standard InChI is InChI=1S/C16H18N2O2/c1-10(6-7-19)8-11-9-13-12-4-2-3-5-14(12)18-16(17)15(13)20-11/h2-5,9-10,19H,6-8H2,1H3,(H2,17,18). The Balaban J connectivity index is 2.10. The number of pyridine rings is 1. The maximum atomic E-state index is 8.98. The van der Waals surface area contributed by atoms with Crippen LogP contribution in [0.1, 0.15) is 19.1 Å². The number of hydrogen-bond acceptors (Lipinski definition) is 4. The van der Waals surface area contributed by atoms with E-state index in [0.29, 0.717) is 17.3 Å². The minimum Gasteiger partial charge on any atom is -0.457 e. The first-order chi connectivity index (χ1) is 9.69. The molecular formula is C16H18N2O2. The Hall–Kier alpha value is -2.07. The minimum absolute atomic E-state index is 0.202. The zero-order chi connectivity index (χ0) is 14.1. The summed E-state index contributed by atoms with van der Waals surface area (Å²) in [5.74, 6) is 1.70. The van der Waals surface area contributed by atoms with Crippen molar-refractivity contribution in [2.75, 3.05) is 12.3 Å². The zero-order valence-corrected chi connectivity index (χ0v) is 11.5. The molecule has 0 radical (unpaired) electrons. The van der Waals surface area contributed by atoms with Crippen LogP contribution in [0.5, 0.6) is 0 Å². The number of aliphatic hydroxyl groups excluding tert-OH is 1. The molecule has 0 amide bonds. The third kappa shape index (κ3) is 2.23. The van der Waals surface area contributed by atoms with Gasteiger partial charge in [-0.2, -0.15) is 0 Å². The molecule has 1 aromatic carbocycles. The van der Waals surface area contributed by atoms with Gasteiger partial charge in [-0.15, -0.1) is 0 Å². The number of hydrogen-bond donors (Lipinski definition) is 2. The number of nitrogens with zero attached hydrogens (tertiary/aromatic N) is 1. The van der Waals surface area contributed by atoms with E-state index in [1.54, 1.807) is 0 Å². The summed E-state index contributed by atoms with van der Waals surface area (Å²) >= 11 is 0. The number of nitrogens with two attached hydrogens (primary N) is 1. The van der Waals surface area contributed by atoms with Crippen LogP contribution in [-0.4, -0.2) is 16.7 Å². The summed E-state index contributed by atoms with van der Waals surface area (Å²) in [5, 5.41) is 11.0. The molecule has 0 aliphatic heterocycles. The van der Waals surface area contributed by atoms with Gasteiger partial charge < -0.3 is 15.3 Å². The zero-order valence-electron chi connectivity index (χ0n) is 11.5. The third-order valence-corrected chi connectivity index (χ3v) is 3.62. The van der Waals surface area contributed by atoms with Crippen molar-refractivity contribution in [3.63, 3.8) is 0 Å². The molecule has 0 spiro atoms. The lowest BCUT2D eigenvalue weighted by Crippen LogP contribution is -2.01. The molecular weight excluding hydrogens is 252 g/mol. The molecule has 0 fully saturated rings. The molecule has 2 heterocycles. The summed E-state index contributed by atoms with van der Waals surface area (Å²) in [6.07, 6.45) is 1.56. The summed E-state index contributed by atoms with van der Waals surface area (Å²) in [7, 11) is 0. The maximum absolute atomic E-state index is 8.98. The molecule has 1 atom stereocenters. The average Bonchev–Trinajstić information content (AvgIpc) is 2.83. The number of fused-ring (bicyclic) bond motifs is 3. The quantitative estimate of drug-likeness (QED) is 0.764. The second-order valence-electron chi connectivity index (χ2n) is 5.29. The molecule has 0 aliphatic rings. The Labute approximate surface area is 117 Å². The van der Waals surface area contributed by atoms with Gasteiger partial charge in [-0.3, -0.25) is 0 Å². The molecule has 4 nitrogen and oxygen atoms in total. The van der Waals surface area contributed by atoms with Crippen LogP contribution in [0.25, 0.3) is 21.9 Å². The third-order valence-electron chi connectivity index (χ3n) is 3.62. The van der Waals surface area contributed by atoms with Gasteiger partial charge in [-0.25, -0.2) is 4.98 Å². The van der Waals surface area contributed by atoms with Crippen LogP contribution in [0.4, 0.5) is 5.82 Å². The van der Waals surface area contributed by atoms with Crippen molar-refractivity contribution in [3.8, 4) is 0 Å². The van der Waals surface area contributed by atoms with Gasteiger partial charge in [-0.05, 0) is 24.5 Å². The first-order valence-corrected chi connectivity index (χ1v) is 6.86. The summed E-state index contributed by atoms with van der Waals surface area (Å²) < 4.78 is 5.85. The smallest absolute Gasteiger partial charge is 0.176 e. The Kier molecular flexibility index (Phi) is 3.32. The number of anilines is 1. The molecule has 0 bridgehead atoms. The fraction of sp³-hybridized carbons (Fsp3) is 0.312. The Morgan fingerprint density at radius 1 is 1.30 bits per heavy atom. The van der Waals surface area contributed by atoms with Crippen molar-refractivity contribution in [3.05, 3.63) is 36.1 Å². The van der Waals surface area contributed by atoms with E-state index in [1.165, 1.54) is 0 Å². The summed E-state index contributed by atoms with van der Waals surface area (Å²) in [6.45, 7) is 2.30. The van der Waals surface area contributed by atoms with Crippen LogP contribution in [0.15, 0.2) is 34.7 Å². The summed E-state index contributed by atoms with van der Waals surface area (Å²) in [5.41, 5.74) is 7.52. The van der Waals surface area contributed by atoms with Crippen LogP contribution in [-0.2, 0) is 6.42 Å². The number of benzene rings is 1. The van der Waals surface area contributed by atoms with Gasteiger partial charge in [0.1, 0.15) is 5.76 Å². The monoisotopic (exact) mass is 270 g/mol. The first-order valence-electron chi connectivity index (χ1n) is 6.86. The predicted molar refractivity (Wildman–Crippen MR) is 80.5 cm³/mol. The predicted octanol–water partition coefficient (Wildman–Crippen LogP) is 3.12. The second-order valence-corrected chi connectivity index (χ2v) is 5.29. The highest BCUT2D eigenvalue weighted by molar-refractivity contribution is 6.07. The van der Waals surface area contributed by atoms with E-state index in [4.69, 9.17) is 15.3 Å². The number of aromatic nitrogens is 1. The highest BCUT2D eigenvalue weighted by Gasteiger charge is 2.13. The Morgan fingerprint density at radius 2 is 2.10 bits per heavy atom. The normalized spacial score (nSPS) is 13.1. The lowest BCUT2D eigenvalue weighted by atomic mass is 10.0. The van der Waals surface area contributed by atoms with Crippen molar-refractivity contribution in [2.24, 2.45) is 5.92 Å². The van der Waals surface area contributed by atoms with E-state index in [-0.39, 0.29) is 6.61 Å². The van der Waals surface area contributed by atoms with E-state index in [0.717, 1.165) is 34.9 Å². The highest BCUT2D eigenvalue weighted by Crippen LogP contribution is 2.31. The minimum atomic E-state index is 0.202. The highest BCUT2D eigenvalue weighted by atomic mass is 16.3. The van der Waals surface area contributed by atoms with Gasteiger partial charge in [0, 0.05) is 23.8 Å². The SMILES string of the molecule is CC(CCO)Cc1cc2c(o1)c(N)nc1ccccc12. The first kappa shape index (κ1) is 12.9. The lowest BCUT2D eigenvalue weighted by molar-refractivity contribution is 0.259. The number of furan rings is 1. The number of nitrogen functional groups attached to an aromatic ring is 1. The molecule has 2 aromatic heterocycles. The van der Waals surface area contributed by atoms with Gasteiger partial charge in [-0.1, -0.05) is 25.1 Å². The van der Waals surface area contributed by atoms with E-state index >= 15 is 0 Å².